The molecule has 0 aromatic carbocycles. The SMILES string of the molecule is N=c1ccccs1. The molecule has 0 aliphatic heterocycles. The molecule has 2 heteroatoms. The molecule has 0 aliphatic rings. The molecule has 0 amide bonds. The predicted molar refractivity (Wildman–Crippen MR) is 30.2 cm³/mol. The van der Waals surface area contributed by atoms with E-state index in [2.05, 4.69) is 0 Å². The van der Waals surface area contributed by atoms with Gasteiger partial charge in [-0.05, 0) is 11.4 Å². The summed E-state index contributed by atoms with van der Waals surface area (Å²) >= 11 is 1.43. The number of rotatable bonds is 0. The monoisotopic (exact) mass is 111 g/mol. The van der Waals surface area contributed by atoms with Gasteiger partial charge in [-0.25, -0.2) is 0 Å². The van der Waals surface area contributed by atoms with Gasteiger partial charge >= 0.3 is 0 Å². The maximum Gasteiger partial charge on any atom is 0.107 e. The highest BCUT2D eigenvalue weighted by Gasteiger charge is 1.67. The minimum atomic E-state index is 0.613. The Balaban J connectivity index is 3.28. The molecule has 0 unspecified atom stereocenters. The Bertz CT molecular complexity index is 174. The van der Waals surface area contributed by atoms with Crippen LogP contribution >= 0.6 is 11.3 Å². The van der Waals surface area contributed by atoms with Crippen molar-refractivity contribution >= 4 is 11.3 Å². The molecule has 1 aromatic rings. The zero-order valence-electron chi connectivity index (χ0n) is 3.72. The van der Waals surface area contributed by atoms with Gasteiger partial charge < -0.3 is 0 Å². The lowest BCUT2D eigenvalue weighted by atomic mass is 10.6. The highest BCUT2D eigenvalue weighted by Crippen LogP contribution is 1.81. The van der Waals surface area contributed by atoms with Gasteiger partial charge in [0.15, 0.2) is 0 Å². The van der Waals surface area contributed by atoms with E-state index in [4.69, 9.17) is 5.41 Å². The van der Waals surface area contributed by atoms with Crippen molar-refractivity contribution in [1.29, 1.82) is 5.41 Å². The third kappa shape index (κ3) is 1.12. The summed E-state index contributed by atoms with van der Waals surface area (Å²) in [6, 6.07) is 5.55. The van der Waals surface area contributed by atoms with Crippen molar-refractivity contribution in [2.75, 3.05) is 0 Å². The van der Waals surface area contributed by atoms with Crippen molar-refractivity contribution in [2.24, 2.45) is 0 Å². The topological polar surface area (TPSA) is 23.9 Å². The molecule has 1 aromatic heterocycles. The fourth-order valence-electron chi connectivity index (χ4n) is 0.340. The van der Waals surface area contributed by atoms with E-state index in [1.807, 2.05) is 17.5 Å². The molecule has 0 aliphatic carbocycles. The first-order valence-electron chi connectivity index (χ1n) is 1.98. The van der Waals surface area contributed by atoms with Crippen LogP contribution in [0.4, 0.5) is 0 Å². The molecule has 0 radical (unpaired) electrons. The van der Waals surface area contributed by atoms with E-state index in [1.165, 1.54) is 11.3 Å². The highest BCUT2D eigenvalue weighted by atomic mass is 32.1. The first-order chi connectivity index (χ1) is 3.39. The molecule has 7 heavy (non-hydrogen) atoms. The summed E-state index contributed by atoms with van der Waals surface area (Å²) in [5, 5.41) is 8.90. The molecule has 1 N–H and O–H groups in total. The summed E-state index contributed by atoms with van der Waals surface area (Å²) in [7, 11) is 0. The molecule has 36 valence electrons. The molecule has 0 bridgehead atoms. The van der Waals surface area contributed by atoms with Gasteiger partial charge in [0.05, 0.1) is 0 Å². The average molecular weight is 111 g/mol. The minimum Gasteiger partial charge on any atom is -0.290 e. The second-order valence-electron chi connectivity index (χ2n) is 1.17. The Kier molecular flexibility index (Phi) is 1.22. The lowest BCUT2D eigenvalue weighted by Crippen LogP contribution is -1.85. The van der Waals surface area contributed by atoms with Gasteiger partial charge in [0.1, 0.15) is 4.67 Å². The Morgan fingerprint density at radius 2 is 2.29 bits per heavy atom. The summed E-state index contributed by atoms with van der Waals surface area (Å²) in [4.78, 5) is 0. The van der Waals surface area contributed by atoms with Gasteiger partial charge in [-0.15, -0.1) is 11.3 Å². The maximum atomic E-state index is 7.01. The van der Waals surface area contributed by atoms with Gasteiger partial charge in [0.2, 0.25) is 0 Å². The summed E-state index contributed by atoms with van der Waals surface area (Å²) in [6.07, 6.45) is 0. The van der Waals surface area contributed by atoms with Crippen LogP contribution < -0.4 is 4.67 Å². The van der Waals surface area contributed by atoms with Crippen LogP contribution in [0.5, 0.6) is 0 Å². The summed E-state index contributed by atoms with van der Waals surface area (Å²) in [6.45, 7) is 0. The van der Waals surface area contributed by atoms with Crippen LogP contribution in [0.15, 0.2) is 23.6 Å². The van der Waals surface area contributed by atoms with Crippen LogP contribution in [0, 0.1) is 5.41 Å². The lowest BCUT2D eigenvalue weighted by Gasteiger charge is -1.72. The van der Waals surface area contributed by atoms with Gasteiger partial charge in [-0.1, -0.05) is 12.1 Å². The van der Waals surface area contributed by atoms with E-state index in [0.29, 0.717) is 4.67 Å². The van der Waals surface area contributed by atoms with Gasteiger partial charge in [-0.3, -0.25) is 5.41 Å². The zero-order chi connectivity index (χ0) is 5.11. The molecular formula is C5H5NS. The van der Waals surface area contributed by atoms with Crippen molar-refractivity contribution in [1.82, 2.24) is 0 Å². The van der Waals surface area contributed by atoms with Gasteiger partial charge in [-0.2, -0.15) is 0 Å². The normalized spacial score (nSPS) is 8.57. The lowest BCUT2D eigenvalue weighted by molar-refractivity contribution is 1.35. The Labute approximate surface area is 45.8 Å². The van der Waals surface area contributed by atoms with E-state index in [-0.39, 0.29) is 0 Å². The molecule has 0 saturated carbocycles. The Morgan fingerprint density at radius 1 is 1.43 bits per heavy atom. The molecule has 0 spiro atoms. The predicted octanol–water partition coefficient (Wildman–Crippen LogP) is 1.23. The molecule has 1 nitrogen and oxygen atoms in total. The minimum absolute atomic E-state index is 0.613. The van der Waals surface area contributed by atoms with Crippen LogP contribution in [0.1, 0.15) is 0 Å². The van der Waals surface area contributed by atoms with E-state index >= 15 is 0 Å². The number of nitrogens with one attached hydrogen (secondary N) is 1. The number of hydrogen-bond acceptors (Lipinski definition) is 2. The fourth-order valence-corrected chi connectivity index (χ4v) is 0.813. The van der Waals surface area contributed by atoms with Gasteiger partial charge in [0, 0.05) is 0 Å². The van der Waals surface area contributed by atoms with E-state index in [9.17, 15) is 0 Å². The summed E-state index contributed by atoms with van der Waals surface area (Å²) in [5.74, 6) is 0. The average Bonchev–Trinajstić information content (AvgIpc) is 1.69. The second kappa shape index (κ2) is 1.89. The first kappa shape index (κ1) is 4.53. The number of hydrogen-bond donors (Lipinski definition) is 1. The standard InChI is InChI=1S/C5H5NS/c6-5-3-1-2-4-7-5/h1-4,6H. The van der Waals surface area contributed by atoms with Gasteiger partial charge in [0.25, 0.3) is 0 Å². The van der Waals surface area contributed by atoms with Crippen LogP contribution in [0.25, 0.3) is 0 Å². The van der Waals surface area contributed by atoms with Crippen molar-refractivity contribution in [3.8, 4) is 0 Å². The molecule has 0 fully saturated rings. The largest absolute Gasteiger partial charge is 0.290 e. The van der Waals surface area contributed by atoms with Crippen molar-refractivity contribution in [2.45, 2.75) is 0 Å². The first-order valence-corrected chi connectivity index (χ1v) is 2.86. The highest BCUT2D eigenvalue weighted by molar-refractivity contribution is 7.06. The van der Waals surface area contributed by atoms with Crippen LogP contribution in [0.2, 0.25) is 0 Å². The summed E-state index contributed by atoms with van der Waals surface area (Å²) < 4.78 is 0.613. The Hall–Kier alpha value is -0.630. The van der Waals surface area contributed by atoms with Crippen LogP contribution in [0.3, 0.4) is 0 Å². The zero-order valence-corrected chi connectivity index (χ0v) is 4.53. The summed E-state index contributed by atoms with van der Waals surface area (Å²) in [5.41, 5.74) is 0. The van der Waals surface area contributed by atoms with E-state index in [0.717, 1.165) is 0 Å². The molecule has 0 atom stereocenters. The quantitative estimate of drug-likeness (QED) is 0.520. The fraction of sp³-hybridized carbons (Fsp3) is 0. The van der Waals surface area contributed by atoms with Crippen molar-refractivity contribution < 1.29 is 0 Å². The van der Waals surface area contributed by atoms with Crippen LogP contribution in [-0.4, -0.2) is 0 Å². The third-order valence-corrected chi connectivity index (χ3v) is 1.32. The molecule has 0 saturated heterocycles. The smallest absolute Gasteiger partial charge is 0.107 e. The third-order valence-electron chi connectivity index (χ3n) is 0.632. The van der Waals surface area contributed by atoms with E-state index < -0.39 is 0 Å². The maximum absolute atomic E-state index is 7.01. The molecular weight excluding hydrogens is 106 g/mol. The van der Waals surface area contributed by atoms with E-state index in [1.54, 1.807) is 6.07 Å². The van der Waals surface area contributed by atoms with Crippen molar-refractivity contribution in [3.05, 3.63) is 28.3 Å². The Morgan fingerprint density at radius 3 is 2.57 bits per heavy atom. The molecule has 1 heterocycles. The molecule has 1 rings (SSSR count). The second-order valence-corrected chi connectivity index (χ2v) is 2.12. The van der Waals surface area contributed by atoms with Crippen molar-refractivity contribution in [3.63, 3.8) is 0 Å². The van der Waals surface area contributed by atoms with Crippen LogP contribution in [-0.2, 0) is 0 Å².